The molecule has 0 N–H and O–H groups in total. The van der Waals surface area contributed by atoms with Gasteiger partial charge in [-0.05, 0) is 6.08 Å². The molecular formula is C5H7O. The van der Waals surface area contributed by atoms with Gasteiger partial charge in [-0.15, -0.1) is 0 Å². The summed E-state index contributed by atoms with van der Waals surface area (Å²) in [6, 6.07) is 0. The molecule has 1 heteroatoms. The van der Waals surface area contributed by atoms with Crippen molar-refractivity contribution in [2.24, 2.45) is 5.92 Å². The van der Waals surface area contributed by atoms with Gasteiger partial charge in [0, 0.05) is 5.92 Å². The van der Waals surface area contributed by atoms with Crippen LogP contribution in [-0.4, -0.2) is 6.61 Å². The minimum absolute atomic E-state index is 0.588. The molecule has 0 saturated heterocycles. The molecule has 0 bridgehead atoms. The standard InChI is InChI=1S/C5H7O/c1-5-2-3-6-4-5/h2,5H,4H2,1H3. The number of hydrogen-bond acceptors (Lipinski definition) is 1. The molecule has 0 saturated carbocycles. The van der Waals surface area contributed by atoms with E-state index in [1.54, 1.807) is 0 Å². The molecule has 1 heterocycles. The molecule has 1 atom stereocenters. The Bertz CT molecular complexity index is 66.3. The van der Waals surface area contributed by atoms with Crippen molar-refractivity contribution in [3.63, 3.8) is 0 Å². The maximum absolute atomic E-state index is 4.75. The Morgan fingerprint density at radius 3 is 3.00 bits per heavy atom. The summed E-state index contributed by atoms with van der Waals surface area (Å²) >= 11 is 0. The quantitative estimate of drug-likeness (QED) is 0.424. The molecule has 6 heavy (non-hydrogen) atoms. The molecule has 1 aliphatic rings. The van der Waals surface area contributed by atoms with Crippen LogP contribution in [0.25, 0.3) is 0 Å². The Hall–Kier alpha value is -0.460. The normalized spacial score (nSPS) is 30.5. The van der Waals surface area contributed by atoms with Crippen molar-refractivity contribution in [1.29, 1.82) is 0 Å². The van der Waals surface area contributed by atoms with E-state index in [1.165, 1.54) is 0 Å². The molecule has 1 radical (unpaired) electrons. The fourth-order valence-electron chi connectivity index (χ4n) is 0.392. The summed E-state index contributed by atoms with van der Waals surface area (Å²) in [7, 11) is 0. The molecule has 1 nitrogen and oxygen atoms in total. The van der Waals surface area contributed by atoms with Gasteiger partial charge in [0.2, 0.25) is 0 Å². The lowest BCUT2D eigenvalue weighted by Gasteiger charge is -1.89. The zero-order chi connectivity index (χ0) is 4.41. The van der Waals surface area contributed by atoms with Crippen molar-refractivity contribution >= 4 is 0 Å². The first-order valence-corrected chi connectivity index (χ1v) is 2.10. The Kier molecular flexibility index (Phi) is 0.825. The maximum atomic E-state index is 4.75. The fraction of sp³-hybridized carbons (Fsp3) is 0.600. The molecule has 0 aromatic rings. The van der Waals surface area contributed by atoms with E-state index in [-0.39, 0.29) is 0 Å². The number of hydrogen-bond donors (Lipinski definition) is 0. The van der Waals surface area contributed by atoms with Crippen LogP contribution in [0.2, 0.25) is 0 Å². The van der Waals surface area contributed by atoms with Crippen molar-refractivity contribution in [3.8, 4) is 0 Å². The fourth-order valence-corrected chi connectivity index (χ4v) is 0.392. The van der Waals surface area contributed by atoms with Crippen molar-refractivity contribution in [2.75, 3.05) is 6.61 Å². The lowest BCUT2D eigenvalue weighted by Crippen LogP contribution is -1.89. The van der Waals surface area contributed by atoms with E-state index in [4.69, 9.17) is 4.74 Å². The first kappa shape index (κ1) is 3.72. The Morgan fingerprint density at radius 2 is 2.83 bits per heavy atom. The van der Waals surface area contributed by atoms with Crippen LogP contribution in [-0.2, 0) is 4.74 Å². The average molecular weight is 83.1 g/mol. The first-order valence-electron chi connectivity index (χ1n) is 2.10. The molecule has 0 aliphatic carbocycles. The van der Waals surface area contributed by atoms with E-state index in [1.807, 2.05) is 6.08 Å². The van der Waals surface area contributed by atoms with Crippen LogP contribution in [0.1, 0.15) is 6.92 Å². The first-order chi connectivity index (χ1) is 2.89. The van der Waals surface area contributed by atoms with Crippen LogP contribution >= 0.6 is 0 Å². The summed E-state index contributed by atoms with van der Waals surface area (Å²) in [5.74, 6) is 0.588. The van der Waals surface area contributed by atoms with Gasteiger partial charge in [-0.2, -0.15) is 0 Å². The largest absolute Gasteiger partial charge is 0.489 e. The van der Waals surface area contributed by atoms with Gasteiger partial charge in [-0.25, -0.2) is 0 Å². The summed E-state index contributed by atoms with van der Waals surface area (Å²) in [4.78, 5) is 0. The van der Waals surface area contributed by atoms with Crippen LogP contribution in [0.5, 0.6) is 0 Å². The van der Waals surface area contributed by atoms with Gasteiger partial charge >= 0.3 is 0 Å². The molecule has 0 spiro atoms. The minimum Gasteiger partial charge on any atom is -0.489 e. The summed E-state index contributed by atoms with van der Waals surface area (Å²) in [6.45, 7) is 2.92. The van der Waals surface area contributed by atoms with Crippen LogP contribution < -0.4 is 0 Å². The van der Waals surface area contributed by atoms with Crippen LogP contribution in [0.15, 0.2) is 6.08 Å². The van der Waals surface area contributed by atoms with Gasteiger partial charge in [-0.1, -0.05) is 6.92 Å². The summed E-state index contributed by atoms with van der Waals surface area (Å²) < 4.78 is 4.75. The van der Waals surface area contributed by atoms with Crippen molar-refractivity contribution in [2.45, 2.75) is 6.92 Å². The number of rotatable bonds is 0. The second-order valence-corrected chi connectivity index (χ2v) is 1.57. The van der Waals surface area contributed by atoms with Crippen LogP contribution in [0.4, 0.5) is 0 Å². The average Bonchev–Trinajstić information content (AvgIpc) is 1.86. The van der Waals surface area contributed by atoms with Gasteiger partial charge in [0.15, 0.2) is 6.26 Å². The van der Waals surface area contributed by atoms with Gasteiger partial charge in [-0.3, -0.25) is 0 Å². The third-order valence-electron chi connectivity index (χ3n) is 0.782. The molecule has 0 aromatic heterocycles. The van der Waals surface area contributed by atoms with Gasteiger partial charge < -0.3 is 4.74 Å². The molecule has 0 amide bonds. The highest BCUT2D eigenvalue weighted by atomic mass is 16.5. The van der Waals surface area contributed by atoms with E-state index in [0.717, 1.165) is 6.61 Å². The smallest absolute Gasteiger partial charge is 0.157 e. The summed E-state index contributed by atoms with van der Waals surface area (Å²) in [5, 5.41) is 0. The van der Waals surface area contributed by atoms with Crippen molar-refractivity contribution in [3.05, 3.63) is 12.3 Å². The van der Waals surface area contributed by atoms with E-state index in [0.29, 0.717) is 5.92 Å². The topological polar surface area (TPSA) is 9.23 Å². The zero-order valence-electron chi connectivity index (χ0n) is 3.77. The van der Waals surface area contributed by atoms with Gasteiger partial charge in [0.1, 0.15) is 0 Å². The molecule has 1 unspecified atom stereocenters. The SMILES string of the molecule is CC1C=[C]OC1. The Morgan fingerprint density at radius 1 is 2.00 bits per heavy atom. The predicted molar refractivity (Wildman–Crippen MR) is 22.9 cm³/mol. The summed E-state index contributed by atoms with van der Waals surface area (Å²) in [5.41, 5.74) is 0. The lowest BCUT2D eigenvalue weighted by molar-refractivity contribution is 0.238. The van der Waals surface area contributed by atoms with Crippen LogP contribution in [0, 0.1) is 12.2 Å². The highest BCUT2D eigenvalue weighted by Crippen LogP contribution is 2.03. The lowest BCUT2D eigenvalue weighted by atomic mass is 10.2. The molecule has 0 aromatic carbocycles. The molecule has 1 rings (SSSR count). The third-order valence-corrected chi connectivity index (χ3v) is 0.782. The highest BCUT2D eigenvalue weighted by Gasteiger charge is 2.00. The van der Waals surface area contributed by atoms with E-state index in [2.05, 4.69) is 13.2 Å². The van der Waals surface area contributed by atoms with Gasteiger partial charge in [0.05, 0.1) is 6.61 Å². The van der Waals surface area contributed by atoms with Crippen molar-refractivity contribution in [1.82, 2.24) is 0 Å². The zero-order valence-corrected chi connectivity index (χ0v) is 3.77. The Labute approximate surface area is 37.6 Å². The molecular weight excluding hydrogens is 76.1 g/mol. The van der Waals surface area contributed by atoms with E-state index in [9.17, 15) is 0 Å². The maximum Gasteiger partial charge on any atom is 0.157 e. The predicted octanol–water partition coefficient (Wildman–Crippen LogP) is 0.970. The number of ether oxygens (including phenoxy) is 1. The van der Waals surface area contributed by atoms with E-state index >= 15 is 0 Å². The van der Waals surface area contributed by atoms with Crippen LogP contribution in [0.3, 0.4) is 0 Å². The minimum atomic E-state index is 0.588. The monoisotopic (exact) mass is 83.0 g/mol. The second kappa shape index (κ2) is 1.33. The highest BCUT2D eigenvalue weighted by molar-refractivity contribution is 4.80. The summed E-state index contributed by atoms with van der Waals surface area (Å²) in [6.07, 6.45) is 4.58. The van der Waals surface area contributed by atoms with E-state index < -0.39 is 0 Å². The second-order valence-electron chi connectivity index (χ2n) is 1.57. The Balaban J connectivity index is 2.38. The molecule has 33 valence electrons. The third kappa shape index (κ3) is 0.534. The van der Waals surface area contributed by atoms with Gasteiger partial charge in [0.25, 0.3) is 0 Å². The van der Waals surface area contributed by atoms with Crippen molar-refractivity contribution < 1.29 is 4.74 Å². The molecule has 1 aliphatic heterocycles. The molecule has 0 fully saturated rings.